The summed E-state index contributed by atoms with van der Waals surface area (Å²) >= 11 is 5.77. The second kappa shape index (κ2) is 6.36. The third-order valence-electron chi connectivity index (χ3n) is 3.46. The van der Waals surface area contributed by atoms with Crippen LogP contribution in [0.2, 0.25) is 5.02 Å². The van der Waals surface area contributed by atoms with Crippen LogP contribution in [0.5, 0.6) is 0 Å². The highest BCUT2D eigenvalue weighted by Gasteiger charge is 2.25. The summed E-state index contributed by atoms with van der Waals surface area (Å²) in [5, 5.41) is 11.0. The number of benzene rings is 1. The first kappa shape index (κ1) is 15.2. The van der Waals surface area contributed by atoms with E-state index >= 15 is 0 Å². The van der Waals surface area contributed by atoms with Gasteiger partial charge in [0, 0.05) is 12.1 Å². The van der Waals surface area contributed by atoms with Gasteiger partial charge in [-0.15, -0.1) is 12.4 Å². The molecule has 2 N–H and O–H groups in total. The molecule has 1 saturated carbocycles. The zero-order valence-corrected chi connectivity index (χ0v) is 11.4. The summed E-state index contributed by atoms with van der Waals surface area (Å²) < 4.78 is 0. The topological polar surface area (TPSA) is 69.2 Å². The zero-order valence-electron chi connectivity index (χ0n) is 9.84. The monoisotopic (exact) mass is 290 g/mol. The second-order valence-electron chi connectivity index (χ2n) is 4.54. The first-order valence-corrected chi connectivity index (χ1v) is 6.17. The maximum absolute atomic E-state index is 10.8. The van der Waals surface area contributed by atoms with Crippen molar-refractivity contribution < 1.29 is 4.92 Å². The number of rotatable bonds is 3. The quantitative estimate of drug-likeness (QED) is 0.679. The first-order chi connectivity index (χ1) is 8.09. The molecule has 0 aliphatic heterocycles. The molecule has 0 aromatic heterocycles. The lowest BCUT2D eigenvalue weighted by molar-refractivity contribution is -0.384. The Morgan fingerprint density at radius 1 is 1.39 bits per heavy atom. The van der Waals surface area contributed by atoms with E-state index in [9.17, 15) is 10.1 Å². The highest BCUT2D eigenvalue weighted by molar-refractivity contribution is 6.32. The van der Waals surface area contributed by atoms with Gasteiger partial charge >= 0.3 is 0 Å². The number of hydrogen-bond acceptors (Lipinski definition) is 3. The van der Waals surface area contributed by atoms with E-state index in [2.05, 4.69) is 0 Å². The van der Waals surface area contributed by atoms with Crippen LogP contribution in [-0.4, -0.2) is 4.92 Å². The molecule has 0 saturated heterocycles. The Bertz CT molecular complexity index is 434. The van der Waals surface area contributed by atoms with Gasteiger partial charge in [-0.1, -0.05) is 30.5 Å². The molecule has 0 bridgehead atoms. The maximum Gasteiger partial charge on any atom is 0.288 e. The lowest BCUT2D eigenvalue weighted by Crippen LogP contribution is -2.19. The predicted octanol–water partition coefficient (Wildman–Crippen LogP) is 3.86. The highest BCUT2D eigenvalue weighted by atomic mass is 35.5. The number of halogens is 2. The number of hydrogen-bond donors (Lipinski definition) is 1. The minimum Gasteiger partial charge on any atom is -0.324 e. The van der Waals surface area contributed by atoms with E-state index in [1.54, 1.807) is 12.1 Å². The Labute approximate surface area is 117 Å². The van der Waals surface area contributed by atoms with Gasteiger partial charge in [0.2, 0.25) is 0 Å². The normalized spacial score (nSPS) is 17.2. The van der Waals surface area contributed by atoms with Crippen molar-refractivity contribution in [3.63, 3.8) is 0 Å². The van der Waals surface area contributed by atoms with Crippen molar-refractivity contribution in [1.29, 1.82) is 0 Å². The molecular formula is C12H16Cl2N2O2. The van der Waals surface area contributed by atoms with Gasteiger partial charge < -0.3 is 5.73 Å². The SMILES string of the molecule is Cl.N[C@H](c1ccc(Cl)c([N+](=O)[O-])c1)C1CCCC1. The van der Waals surface area contributed by atoms with Crippen LogP contribution in [0.3, 0.4) is 0 Å². The van der Waals surface area contributed by atoms with Crippen molar-refractivity contribution in [2.24, 2.45) is 11.7 Å². The standard InChI is InChI=1S/C12H15ClN2O2.ClH/c13-10-6-5-9(7-11(10)15(16)17)12(14)8-3-1-2-4-8;/h5-8,12H,1-4,14H2;1H/t12-;/m0./s1. The van der Waals surface area contributed by atoms with E-state index in [0.717, 1.165) is 18.4 Å². The highest BCUT2D eigenvalue weighted by Crippen LogP contribution is 2.36. The summed E-state index contributed by atoms with van der Waals surface area (Å²) in [7, 11) is 0. The van der Waals surface area contributed by atoms with Gasteiger partial charge in [0.25, 0.3) is 5.69 Å². The second-order valence-corrected chi connectivity index (χ2v) is 4.95. The van der Waals surface area contributed by atoms with E-state index in [1.165, 1.54) is 18.9 Å². The number of nitrogens with zero attached hydrogens (tertiary/aromatic N) is 1. The summed E-state index contributed by atoms with van der Waals surface area (Å²) in [6.45, 7) is 0. The van der Waals surface area contributed by atoms with E-state index in [0.29, 0.717) is 5.92 Å². The number of nitrogens with two attached hydrogens (primary N) is 1. The molecule has 0 heterocycles. The third kappa shape index (κ3) is 3.13. The third-order valence-corrected chi connectivity index (χ3v) is 3.78. The fourth-order valence-corrected chi connectivity index (χ4v) is 2.65. The van der Waals surface area contributed by atoms with Gasteiger partial charge in [0.05, 0.1) is 4.92 Å². The Morgan fingerprint density at radius 2 is 2.00 bits per heavy atom. The molecule has 1 atom stereocenters. The molecule has 1 aromatic carbocycles. The summed E-state index contributed by atoms with van der Waals surface area (Å²) in [4.78, 5) is 10.3. The van der Waals surface area contributed by atoms with Crippen LogP contribution < -0.4 is 5.73 Å². The summed E-state index contributed by atoms with van der Waals surface area (Å²) in [6, 6.07) is 4.74. The van der Waals surface area contributed by atoms with E-state index < -0.39 is 4.92 Å². The molecule has 2 rings (SSSR count). The average molecular weight is 291 g/mol. The van der Waals surface area contributed by atoms with Gasteiger partial charge in [0.15, 0.2) is 0 Å². The molecular weight excluding hydrogens is 275 g/mol. The first-order valence-electron chi connectivity index (χ1n) is 5.79. The van der Waals surface area contributed by atoms with Crippen molar-refractivity contribution >= 4 is 29.7 Å². The lowest BCUT2D eigenvalue weighted by atomic mass is 9.92. The van der Waals surface area contributed by atoms with Crippen LogP contribution in [-0.2, 0) is 0 Å². The molecule has 4 nitrogen and oxygen atoms in total. The minimum atomic E-state index is -0.465. The number of nitro groups is 1. The molecule has 1 fully saturated rings. The molecule has 6 heteroatoms. The van der Waals surface area contributed by atoms with Gasteiger partial charge in [-0.2, -0.15) is 0 Å². The molecule has 0 amide bonds. The summed E-state index contributed by atoms with van der Waals surface area (Å²) in [5.74, 6) is 0.441. The van der Waals surface area contributed by atoms with E-state index in [-0.39, 0.29) is 29.2 Å². The van der Waals surface area contributed by atoms with Gasteiger partial charge in [-0.3, -0.25) is 10.1 Å². The van der Waals surface area contributed by atoms with Crippen LogP contribution in [0.25, 0.3) is 0 Å². The summed E-state index contributed by atoms with van der Waals surface area (Å²) in [5.41, 5.74) is 6.91. The molecule has 0 radical (unpaired) electrons. The Kier molecular flexibility index (Phi) is 5.38. The van der Waals surface area contributed by atoms with Crippen LogP contribution in [0.4, 0.5) is 5.69 Å². The van der Waals surface area contributed by atoms with Gasteiger partial charge in [-0.25, -0.2) is 0 Å². The van der Waals surface area contributed by atoms with Crippen molar-refractivity contribution in [3.8, 4) is 0 Å². The van der Waals surface area contributed by atoms with Crippen molar-refractivity contribution in [1.82, 2.24) is 0 Å². The Balaban J connectivity index is 0.00000162. The zero-order chi connectivity index (χ0) is 12.4. The molecule has 1 aromatic rings. The lowest BCUT2D eigenvalue weighted by Gasteiger charge is -2.19. The molecule has 1 aliphatic carbocycles. The van der Waals surface area contributed by atoms with E-state index in [4.69, 9.17) is 17.3 Å². The molecule has 100 valence electrons. The van der Waals surface area contributed by atoms with Gasteiger partial charge in [-0.05, 0) is 30.4 Å². The van der Waals surface area contributed by atoms with Crippen molar-refractivity contribution in [2.75, 3.05) is 0 Å². The summed E-state index contributed by atoms with van der Waals surface area (Å²) in [6.07, 6.45) is 4.62. The molecule has 0 unspecified atom stereocenters. The fourth-order valence-electron chi connectivity index (χ4n) is 2.47. The molecule has 1 aliphatic rings. The van der Waals surface area contributed by atoms with Crippen LogP contribution in [0.15, 0.2) is 18.2 Å². The van der Waals surface area contributed by atoms with Crippen molar-refractivity contribution in [2.45, 2.75) is 31.7 Å². The fraction of sp³-hybridized carbons (Fsp3) is 0.500. The maximum atomic E-state index is 10.8. The predicted molar refractivity (Wildman–Crippen MR) is 74.2 cm³/mol. The largest absolute Gasteiger partial charge is 0.324 e. The van der Waals surface area contributed by atoms with Crippen LogP contribution in [0, 0.1) is 16.0 Å². The Morgan fingerprint density at radius 3 is 2.56 bits per heavy atom. The molecule has 0 spiro atoms. The number of nitro benzene ring substituents is 1. The van der Waals surface area contributed by atoms with Gasteiger partial charge in [0.1, 0.15) is 5.02 Å². The van der Waals surface area contributed by atoms with Crippen molar-refractivity contribution in [3.05, 3.63) is 38.9 Å². The average Bonchev–Trinajstić information content (AvgIpc) is 2.81. The van der Waals surface area contributed by atoms with Crippen LogP contribution in [0.1, 0.15) is 37.3 Å². The van der Waals surface area contributed by atoms with E-state index in [1.807, 2.05) is 0 Å². The van der Waals surface area contributed by atoms with Crippen LogP contribution >= 0.6 is 24.0 Å². The Hall–Kier alpha value is -0.840. The molecule has 18 heavy (non-hydrogen) atoms. The minimum absolute atomic E-state index is 0. The smallest absolute Gasteiger partial charge is 0.288 e.